The summed E-state index contributed by atoms with van der Waals surface area (Å²) in [5.41, 5.74) is 2.00. The fourth-order valence-electron chi connectivity index (χ4n) is 2.67. The molecular formula is C19H24N2O5. The molecule has 26 heavy (non-hydrogen) atoms. The molecule has 0 aromatic heterocycles. The van der Waals surface area contributed by atoms with Crippen LogP contribution in [0.2, 0.25) is 0 Å². The highest BCUT2D eigenvalue weighted by Gasteiger charge is 2.35. The van der Waals surface area contributed by atoms with E-state index in [0.717, 1.165) is 12.8 Å². The molecule has 0 radical (unpaired) electrons. The maximum atomic E-state index is 12.6. The predicted molar refractivity (Wildman–Crippen MR) is 95.4 cm³/mol. The van der Waals surface area contributed by atoms with Gasteiger partial charge in [-0.25, -0.2) is 14.4 Å². The van der Waals surface area contributed by atoms with E-state index in [1.54, 1.807) is 38.2 Å². The van der Waals surface area contributed by atoms with Gasteiger partial charge in [-0.1, -0.05) is 25.5 Å². The van der Waals surface area contributed by atoms with Crippen LogP contribution in [0.3, 0.4) is 0 Å². The molecule has 140 valence electrons. The Balaban J connectivity index is 2.35. The Morgan fingerprint density at radius 2 is 1.85 bits per heavy atom. The second-order valence-electron chi connectivity index (χ2n) is 6.04. The minimum Gasteiger partial charge on any atom is -0.465 e. The number of methoxy groups -OCH3 is 1. The van der Waals surface area contributed by atoms with Gasteiger partial charge in [0.15, 0.2) is 0 Å². The van der Waals surface area contributed by atoms with Gasteiger partial charge in [0, 0.05) is 12.7 Å². The molecule has 2 amide bonds. The highest BCUT2D eigenvalue weighted by Crippen LogP contribution is 2.30. The van der Waals surface area contributed by atoms with Crippen molar-refractivity contribution in [3.63, 3.8) is 0 Å². The summed E-state index contributed by atoms with van der Waals surface area (Å²) < 4.78 is 10.0. The summed E-state index contributed by atoms with van der Waals surface area (Å²) in [7, 11) is 2.91. The molecule has 1 heterocycles. The zero-order chi connectivity index (χ0) is 19.3. The second kappa shape index (κ2) is 8.51. The number of carbonyl (C=O) groups excluding carboxylic acids is 3. The van der Waals surface area contributed by atoms with Gasteiger partial charge in [-0.2, -0.15) is 0 Å². The van der Waals surface area contributed by atoms with Crippen LogP contribution in [0.1, 0.15) is 48.7 Å². The number of rotatable bonds is 6. The highest BCUT2D eigenvalue weighted by atomic mass is 16.5. The standard InChI is InChI=1S/C19H24N2O5/c1-5-6-11-26-18(23)15-12(2)21(3)19(24)20-16(15)13-7-9-14(10-8-13)17(22)25-4/h7-10,16H,5-6,11H2,1-4H3,(H,20,24)/t16-/m0/s1. The molecule has 0 spiro atoms. The molecular weight excluding hydrogens is 336 g/mol. The first-order valence-corrected chi connectivity index (χ1v) is 8.51. The Morgan fingerprint density at radius 3 is 2.42 bits per heavy atom. The van der Waals surface area contributed by atoms with Gasteiger partial charge in [0.05, 0.1) is 30.9 Å². The van der Waals surface area contributed by atoms with Crippen molar-refractivity contribution < 1.29 is 23.9 Å². The SMILES string of the molecule is CCCCOC(=O)C1=C(C)N(C)C(=O)N[C@H]1c1ccc(C(=O)OC)cc1. The van der Waals surface area contributed by atoms with E-state index in [-0.39, 0.29) is 6.03 Å². The third kappa shape index (κ3) is 4.04. The van der Waals surface area contributed by atoms with E-state index in [9.17, 15) is 14.4 Å². The number of unbranched alkanes of at least 4 members (excludes halogenated alkanes) is 1. The Hall–Kier alpha value is -2.83. The van der Waals surface area contributed by atoms with E-state index >= 15 is 0 Å². The van der Waals surface area contributed by atoms with Gasteiger partial charge in [0.25, 0.3) is 0 Å². The quantitative estimate of drug-likeness (QED) is 0.623. The molecule has 0 unspecified atom stereocenters. The number of allylic oxidation sites excluding steroid dienone is 1. The van der Waals surface area contributed by atoms with Crippen molar-refractivity contribution in [2.75, 3.05) is 20.8 Å². The number of esters is 2. The predicted octanol–water partition coefficient (Wildman–Crippen LogP) is 2.79. The summed E-state index contributed by atoms with van der Waals surface area (Å²) in [6.45, 7) is 4.06. The monoisotopic (exact) mass is 360 g/mol. The highest BCUT2D eigenvalue weighted by molar-refractivity contribution is 5.95. The van der Waals surface area contributed by atoms with Crippen LogP contribution >= 0.6 is 0 Å². The zero-order valence-electron chi connectivity index (χ0n) is 15.5. The Kier molecular flexibility index (Phi) is 6.38. The Labute approximate surface area is 153 Å². The number of hydrogen-bond donors (Lipinski definition) is 1. The lowest BCUT2D eigenvalue weighted by Gasteiger charge is -2.33. The summed E-state index contributed by atoms with van der Waals surface area (Å²) in [4.78, 5) is 37.8. The second-order valence-corrected chi connectivity index (χ2v) is 6.04. The molecule has 1 aromatic rings. The van der Waals surface area contributed by atoms with Gasteiger partial charge in [-0.3, -0.25) is 0 Å². The third-order valence-electron chi connectivity index (χ3n) is 4.37. The molecule has 0 saturated heterocycles. The summed E-state index contributed by atoms with van der Waals surface area (Å²) in [5, 5.41) is 2.81. The molecule has 1 aliphatic heterocycles. The minimum absolute atomic E-state index is 0.311. The number of nitrogens with one attached hydrogen (secondary N) is 1. The first kappa shape index (κ1) is 19.5. The van der Waals surface area contributed by atoms with E-state index in [1.165, 1.54) is 12.0 Å². The summed E-state index contributed by atoms with van der Waals surface area (Å²) in [5.74, 6) is -0.903. The smallest absolute Gasteiger partial charge is 0.338 e. The van der Waals surface area contributed by atoms with Crippen molar-refractivity contribution in [3.8, 4) is 0 Å². The Morgan fingerprint density at radius 1 is 1.19 bits per heavy atom. The summed E-state index contributed by atoms with van der Waals surface area (Å²) in [6.07, 6.45) is 1.69. The third-order valence-corrected chi connectivity index (χ3v) is 4.37. The summed E-state index contributed by atoms with van der Waals surface area (Å²) in [6, 6.07) is 5.63. The maximum absolute atomic E-state index is 12.6. The van der Waals surface area contributed by atoms with E-state index in [2.05, 4.69) is 10.1 Å². The lowest BCUT2D eigenvalue weighted by molar-refractivity contribution is -0.139. The molecule has 0 bridgehead atoms. The number of amides is 2. The van der Waals surface area contributed by atoms with Gasteiger partial charge in [0.2, 0.25) is 0 Å². The fraction of sp³-hybridized carbons (Fsp3) is 0.421. The van der Waals surface area contributed by atoms with Gasteiger partial charge >= 0.3 is 18.0 Å². The molecule has 1 atom stereocenters. The number of hydrogen-bond acceptors (Lipinski definition) is 5. The van der Waals surface area contributed by atoms with Crippen molar-refractivity contribution >= 4 is 18.0 Å². The number of nitrogens with zero attached hydrogens (tertiary/aromatic N) is 1. The van der Waals surface area contributed by atoms with Crippen LogP contribution in [0.4, 0.5) is 4.79 Å². The van der Waals surface area contributed by atoms with Crippen molar-refractivity contribution in [1.82, 2.24) is 10.2 Å². The van der Waals surface area contributed by atoms with Crippen molar-refractivity contribution in [1.29, 1.82) is 0 Å². The van der Waals surface area contributed by atoms with Gasteiger partial charge in [0.1, 0.15) is 0 Å². The number of carbonyl (C=O) groups is 3. The molecule has 0 fully saturated rings. The van der Waals surface area contributed by atoms with Gasteiger partial charge < -0.3 is 19.7 Å². The van der Waals surface area contributed by atoms with Crippen molar-refractivity contribution in [2.24, 2.45) is 0 Å². The molecule has 0 saturated carbocycles. The fourth-order valence-corrected chi connectivity index (χ4v) is 2.67. The van der Waals surface area contributed by atoms with Gasteiger partial charge in [-0.05, 0) is 31.0 Å². The average Bonchev–Trinajstić information content (AvgIpc) is 2.65. The van der Waals surface area contributed by atoms with E-state index < -0.39 is 18.0 Å². The van der Waals surface area contributed by atoms with E-state index in [0.29, 0.717) is 29.0 Å². The van der Waals surface area contributed by atoms with Crippen LogP contribution in [0.5, 0.6) is 0 Å². The van der Waals surface area contributed by atoms with Crippen LogP contribution in [-0.2, 0) is 14.3 Å². The lowest BCUT2D eigenvalue weighted by atomic mass is 9.94. The molecule has 0 aliphatic carbocycles. The van der Waals surface area contributed by atoms with Crippen LogP contribution in [0.25, 0.3) is 0 Å². The largest absolute Gasteiger partial charge is 0.465 e. The van der Waals surface area contributed by atoms with Gasteiger partial charge in [-0.15, -0.1) is 0 Å². The molecule has 1 aromatic carbocycles. The van der Waals surface area contributed by atoms with Crippen LogP contribution in [0.15, 0.2) is 35.5 Å². The number of benzene rings is 1. The minimum atomic E-state index is -0.639. The molecule has 1 N–H and O–H groups in total. The molecule has 2 rings (SSSR count). The van der Waals surface area contributed by atoms with Crippen molar-refractivity contribution in [2.45, 2.75) is 32.7 Å². The molecule has 1 aliphatic rings. The van der Waals surface area contributed by atoms with Crippen LogP contribution in [-0.4, -0.2) is 43.6 Å². The molecule has 7 heteroatoms. The number of urea groups is 1. The first-order valence-electron chi connectivity index (χ1n) is 8.51. The maximum Gasteiger partial charge on any atom is 0.338 e. The normalized spacial score (nSPS) is 17.0. The first-order chi connectivity index (χ1) is 12.4. The topological polar surface area (TPSA) is 84.9 Å². The van der Waals surface area contributed by atoms with E-state index in [1.807, 2.05) is 6.92 Å². The molecule has 7 nitrogen and oxygen atoms in total. The lowest BCUT2D eigenvalue weighted by Crippen LogP contribution is -2.46. The average molecular weight is 360 g/mol. The summed E-state index contributed by atoms with van der Waals surface area (Å²) >= 11 is 0. The van der Waals surface area contributed by atoms with Crippen LogP contribution in [0, 0.1) is 0 Å². The van der Waals surface area contributed by atoms with E-state index in [4.69, 9.17) is 4.74 Å². The van der Waals surface area contributed by atoms with Crippen LogP contribution < -0.4 is 5.32 Å². The number of ether oxygens (including phenoxy) is 2. The Bertz CT molecular complexity index is 724. The van der Waals surface area contributed by atoms with Crippen molar-refractivity contribution in [3.05, 3.63) is 46.7 Å². The zero-order valence-corrected chi connectivity index (χ0v) is 15.5.